The first-order valence-corrected chi connectivity index (χ1v) is 10.5. The van der Waals surface area contributed by atoms with E-state index in [1.807, 2.05) is 35.5 Å². The normalized spacial score (nSPS) is 16.3. The number of Topliss-reactive ketones (excluding diaryl/α,β-unsaturated/α-hetero) is 1. The van der Waals surface area contributed by atoms with Crippen LogP contribution in [0, 0.1) is 0 Å². The lowest BCUT2D eigenvalue weighted by atomic mass is 9.96. The Morgan fingerprint density at radius 1 is 1.00 bits per heavy atom. The average molecular weight is 402 g/mol. The molecule has 1 aromatic heterocycles. The summed E-state index contributed by atoms with van der Waals surface area (Å²) in [6.07, 6.45) is 8.06. The highest BCUT2D eigenvalue weighted by Gasteiger charge is 2.27. The zero-order chi connectivity index (χ0) is 20.9. The number of benzene rings is 2. The van der Waals surface area contributed by atoms with Gasteiger partial charge in [-0.1, -0.05) is 24.3 Å². The highest BCUT2D eigenvalue weighted by atomic mass is 16.2. The number of carbonyl (C=O) groups is 2. The van der Waals surface area contributed by atoms with Crippen molar-refractivity contribution in [3.8, 4) is 5.69 Å². The van der Waals surface area contributed by atoms with Crippen LogP contribution in [-0.4, -0.2) is 33.9 Å². The Bertz CT molecular complexity index is 1010. The van der Waals surface area contributed by atoms with Gasteiger partial charge in [0.25, 0.3) is 0 Å². The van der Waals surface area contributed by atoms with Crippen molar-refractivity contribution < 1.29 is 9.59 Å². The first kappa shape index (κ1) is 20.0. The second-order valence-corrected chi connectivity index (χ2v) is 7.87. The Morgan fingerprint density at radius 3 is 2.50 bits per heavy atom. The van der Waals surface area contributed by atoms with Gasteiger partial charge in [0.1, 0.15) is 0 Å². The Kier molecular flexibility index (Phi) is 5.98. The van der Waals surface area contributed by atoms with Gasteiger partial charge in [-0.3, -0.25) is 4.79 Å². The molecule has 0 radical (unpaired) electrons. The lowest BCUT2D eigenvalue weighted by Crippen LogP contribution is -2.46. The van der Waals surface area contributed by atoms with Gasteiger partial charge in [0, 0.05) is 41.9 Å². The molecule has 4 rings (SSSR count). The molecule has 1 atom stereocenters. The maximum atomic E-state index is 13.0. The van der Waals surface area contributed by atoms with Gasteiger partial charge in [-0.2, -0.15) is 0 Å². The van der Waals surface area contributed by atoms with Gasteiger partial charge >= 0.3 is 6.03 Å². The van der Waals surface area contributed by atoms with Gasteiger partial charge < -0.3 is 14.8 Å². The van der Waals surface area contributed by atoms with E-state index < -0.39 is 0 Å². The van der Waals surface area contributed by atoms with Crippen LogP contribution >= 0.6 is 0 Å². The molecule has 2 aromatic carbocycles. The number of nitrogens with one attached hydrogen (secondary N) is 1. The average Bonchev–Trinajstić information content (AvgIpc) is 3.30. The van der Waals surface area contributed by atoms with Crippen LogP contribution in [0.3, 0.4) is 0 Å². The van der Waals surface area contributed by atoms with E-state index in [1.165, 1.54) is 12.5 Å². The lowest BCUT2D eigenvalue weighted by molar-refractivity contribution is 0.101. The third kappa shape index (κ3) is 4.62. The molecule has 1 aliphatic rings. The van der Waals surface area contributed by atoms with E-state index in [2.05, 4.69) is 34.1 Å². The van der Waals surface area contributed by atoms with Crippen LogP contribution in [-0.2, 0) is 6.42 Å². The third-order valence-corrected chi connectivity index (χ3v) is 5.72. The van der Waals surface area contributed by atoms with E-state index in [0.717, 1.165) is 37.9 Å². The van der Waals surface area contributed by atoms with Gasteiger partial charge in [-0.15, -0.1) is 0 Å². The lowest BCUT2D eigenvalue weighted by Gasteiger charge is -2.36. The molecule has 2 heterocycles. The van der Waals surface area contributed by atoms with E-state index in [-0.39, 0.29) is 17.9 Å². The fourth-order valence-electron chi connectivity index (χ4n) is 4.07. The number of hydrogen-bond donors (Lipinski definition) is 1. The molecular weight excluding hydrogens is 374 g/mol. The molecule has 3 aromatic rings. The summed E-state index contributed by atoms with van der Waals surface area (Å²) < 4.78 is 2.08. The van der Waals surface area contributed by atoms with E-state index in [4.69, 9.17) is 0 Å². The molecule has 30 heavy (non-hydrogen) atoms. The van der Waals surface area contributed by atoms with E-state index >= 15 is 0 Å². The molecule has 1 saturated heterocycles. The fourth-order valence-corrected chi connectivity index (χ4v) is 4.07. The minimum atomic E-state index is -0.0932. The molecule has 1 N–H and O–H groups in total. The fraction of sp³-hybridized carbons (Fsp3) is 0.280. The molecule has 1 unspecified atom stereocenters. The van der Waals surface area contributed by atoms with Gasteiger partial charge in [0.15, 0.2) is 5.78 Å². The van der Waals surface area contributed by atoms with Crippen LogP contribution in [0.2, 0.25) is 0 Å². The number of rotatable bonds is 5. The monoisotopic (exact) mass is 401 g/mol. The van der Waals surface area contributed by atoms with E-state index in [0.29, 0.717) is 11.3 Å². The molecular formula is C25H27N3O2. The predicted molar refractivity (Wildman–Crippen MR) is 119 cm³/mol. The summed E-state index contributed by atoms with van der Waals surface area (Å²) in [6, 6.07) is 19.8. The number of anilines is 1. The van der Waals surface area contributed by atoms with Crippen molar-refractivity contribution in [2.75, 3.05) is 11.9 Å². The van der Waals surface area contributed by atoms with Gasteiger partial charge in [0.2, 0.25) is 0 Å². The molecule has 2 amide bonds. The number of nitrogens with zero attached hydrogens (tertiary/aromatic N) is 2. The zero-order valence-electron chi connectivity index (χ0n) is 17.3. The summed E-state index contributed by atoms with van der Waals surface area (Å²) in [7, 11) is 0. The number of carbonyl (C=O) groups excluding carboxylic acids is 2. The number of hydrogen-bond acceptors (Lipinski definition) is 2. The van der Waals surface area contributed by atoms with Gasteiger partial charge in [0.05, 0.1) is 0 Å². The largest absolute Gasteiger partial charge is 0.324 e. The quantitative estimate of drug-likeness (QED) is 0.589. The molecule has 0 saturated carbocycles. The molecule has 5 nitrogen and oxygen atoms in total. The van der Waals surface area contributed by atoms with Crippen LogP contribution in [0.25, 0.3) is 5.69 Å². The highest BCUT2D eigenvalue weighted by molar-refractivity contribution is 5.96. The summed E-state index contributed by atoms with van der Waals surface area (Å²) >= 11 is 0. The summed E-state index contributed by atoms with van der Waals surface area (Å²) in [6.45, 7) is 2.29. The molecule has 1 aliphatic heterocycles. The number of amides is 2. The second kappa shape index (κ2) is 8.99. The van der Waals surface area contributed by atoms with Crippen LogP contribution in [0.15, 0.2) is 73.1 Å². The van der Waals surface area contributed by atoms with Gasteiger partial charge in [-0.25, -0.2) is 4.79 Å². The number of ketones is 1. The molecule has 0 bridgehead atoms. The molecule has 5 heteroatoms. The Balaban J connectivity index is 1.44. The van der Waals surface area contributed by atoms with Crippen molar-refractivity contribution in [3.05, 3.63) is 84.2 Å². The number of likely N-dealkylation sites (tertiary alicyclic amines) is 1. The van der Waals surface area contributed by atoms with Crippen LogP contribution in [0.4, 0.5) is 10.5 Å². The highest BCUT2D eigenvalue weighted by Crippen LogP contribution is 2.23. The van der Waals surface area contributed by atoms with Crippen molar-refractivity contribution in [1.29, 1.82) is 0 Å². The minimum Gasteiger partial charge on any atom is -0.324 e. The van der Waals surface area contributed by atoms with Crippen LogP contribution in [0.5, 0.6) is 0 Å². The first-order valence-electron chi connectivity index (χ1n) is 10.5. The van der Waals surface area contributed by atoms with E-state index in [1.54, 1.807) is 18.2 Å². The number of aromatic nitrogens is 1. The number of piperidine rings is 1. The van der Waals surface area contributed by atoms with Crippen LogP contribution in [0.1, 0.15) is 42.1 Å². The standard InChI is InChI=1S/C25H27N3O2/c1-19(29)21-7-6-8-22(18-21)26-25(30)28-16-3-2-9-24(28)17-20-10-12-23(13-11-20)27-14-4-5-15-27/h4-8,10-15,18,24H,2-3,9,16-17H2,1H3,(H,26,30). The Hall–Kier alpha value is -3.34. The Morgan fingerprint density at radius 2 is 1.77 bits per heavy atom. The van der Waals surface area contributed by atoms with Crippen molar-refractivity contribution in [1.82, 2.24) is 9.47 Å². The SMILES string of the molecule is CC(=O)c1cccc(NC(=O)N2CCCCC2Cc2ccc(-n3cccc3)cc2)c1. The summed E-state index contributed by atoms with van der Waals surface area (Å²) in [4.78, 5) is 26.5. The third-order valence-electron chi connectivity index (χ3n) is 5.72. The molecule has 0 aliphatic carbocycles. The van der Waals surface area contributed by atoms with Gasteiger partial charge in [-0.05, 0) is 74.6 Å². The summed E-state index contributed by atoms with van der Waals surface area (Å²) in [5, 5.41) is 2.98. The predicted octanol–water partition coefficient (Wildman–Crippen LogP) is 5.31. The summed E-state index contributed by atoms with van der Waals surface area (Å²) in [5.41, 5.74) is 3.63. The minimum absolute atomic E-state index is 0.00898. The van der Waals surface area contributed by atoms with Crippen molar-refractivity contribution >= 4 is 17.5 Å². The molecule has 1 fully saturated rings. The maximum Gasteiger partial charge on any atom is 0.322 e. The van der Waals surface area contributed by atoms with Crippen molar-refractivity contribution in [2.24, 2.45) is 0 Å². The smallest absolute Gasteiger partial charge is 0.322 e. The number of urea groups is 1. The van der Waals surface area contributed by atoms with Crippen LogP contribution < -0.4 is 5.32 Å². The molecule has 154 valence electrons. The van der Waals surface area contributed by atoms with Crippen molar-refractivity contribution in [3.63, 3.8) is 0 Å². The zero-order valence-corrected chi connectivity index (χ0v) is 17.3. The second-order valence-electron chi connectivity index (χ2n) is 7.87. The molecule has 0 spiro atoms. The van der Waals surface area contributed by atoms with E-state index in [9.17, 15) is 9.59 Å². The Labute approximate surface area is 177 Å². The topological polar surface area (TPSA) is 54.3 Å². The van der Waals surface area contributed by atoms with Crippen molar-refractivity contribution in [2.45, 2.75) is 38.6 Å². The first-order chi connectivity index (χ1) is 14.6. The maximum absolute atomic E-state index is 13.0. The summed E-state index contributed by atoms with van der Waals surface area (Å²) in [5.74, 6) is -0.00898.